The standard InChI is InChI=1S/C14H13NO4/c1-8-3-4-12(19-2)9(5-8)11-7-15-13(16)6-10(11)14(17)18/h3-7H,1-2H3,(H,15,16)(H,17,18). The SMILES string of the molecule is COc1ccc(C)cc1-c1c[nH]c(=O)cc1C(=O)O. The zero-order valence-electron chi connectivity index (χ0n) is 10.6. The maximum atomic E-state index is 11.2. The molecule has 0 aliphatic rings. The van der Waals surface area contributed by atoms with Crippen LogP contribution in [0.25, 0.3) is 11.1 Å². The zero-order valence-corrected chi connectivity index (χ0v) is 10.6. The van der Waals surface area contributed by atoms with Gasteiger partial charge >= 0.3 is 5.97 Å². The van der Waals surface area contributed by atoms with Gasteiger partial charge in [-0.05, 0) is 19.1 Å². The third-order valence-electron chi connectivity index (χ3n) is 2.80. The summed E-state index contributed by atoms with van der Waals surface area (Å²) in [5, 5.41) is 9.19. The first-order valence-electron chi connectivity index (χ1n) is 5.64. The van der Waals surface area contributed by atoms with E-state index >= 15 is 0 Å². The molecule has 0 bridgehead atoms. The second kappa shape index (κ2) is 4.97. The van der Waals surface area contributed by atoms with Gasteiger partial charge in [-0.2, -0.15) is 0 Å². The fraction of sp³-hybridized carbons (Fsp3) is 0.143. The van der Waals surface area contributed by atoms with E-state index in [1.807, 2.05) is 19.1 Å². The highest BCUT2D eigenvalue weighted by atomic mass is 16.5. The van der Waals surface area contributed by atoms with E-state index in [1.54, 1.807) is 6.07 Å². The number of H-pyrrole nitrogens is 1. The summed E-state index contributed by atoms with van der Waals surface area (Å²) in [6, 6.07) is 6.52. The van der Waals surface area contributed by atoms with Crippen LogP contribution in [-0.2, 0) is 0 Å². The molecule has 19 heavy (non-hydrogen) atoms. The number of rotatable bonds is 3. The molecule has 0 aliphatic heterocycles. The Kier molecular flexibility index (Phi) is 3.37. The number of aromatic nitrogens is 1. The molecule has 0 fully saturated rings. The minimum Gasteiger partial charge on any atom is -0.496 e. The highest BCUT2D eigenvalue weighted by molar-refractivity contribution is 5.96. The molecule has 1 heterocycles. The molecule has 98 valence electrons. The lowest BCUT2D eigenvalue weighted by Crippen LogP contribution is -2.10. The van der Waals surface area contributed by atoms with Crippen LogP contribution in [0.2, 0.25) is 0 Å². The Balaban J connectivity index is 2.74. The van der Waals surface area contributed by atoms with E-state index in [1.165, 1.54) is 13.3 Å². The average Bonchev–Trinajstić information content (AvgIpc) is 2.38. The molecule has 5 nitrogen and oxygen atoms in total. The first-order chi connectivity index (χ1) is 9.02. The molecular weight excluding hydrogens is 246 g/mol. The van der Waals surface area contributed by atoms with Crippen LogP contribution in [-0.4, -0.2) is 23.2 Å². The summed E-state index contributed by atoms with van der Waals surface area (Å²) in [7, 11) is 1.51. The van der Waals surface area contributed by atoms with Gasteiger partial charge in [0.1, 0.15) is 5.75 Å². The van der Waals surface area contributed by atoms with Crippen molar-refractivity contribution in [2.45, 2.75) is 6.92 Å². The Morgan fingerprint density at radius 3 is 2.63 bits per heavy atom. The number of carboxylic acids is 1. The number of ether oxygens (including phenoxy) is 1. The van der Waals surface area contributed by atoms with Gasteiger partial charge in [-0.1, -0.05) is 11.6 Å². The summed E-state index contributed by atoms with van der Waals surface area (Å²) in [5.74, 6) is -0.593. The second-order valence-corrected chi connectivity index (χ2v) is 4.13. The van der Waals surface area contributed by atoms with Gasteiger partial charge in [0.15, 0.2) is 0 Å². The maximum Gasteiger partial charge on any atom is 0.336 e. The predicted octanol–water partition coefficient (Wildman–Crippen LogP) is 2.06. The van der Waals surface area contributed by atoms with Gasteiger partial charge in [-0.25, -0.2) is 4.79 Å². The molecule has 2 N–H and O–H groups in total. The Morgan fingerprint density at radius 2 is 2.00 bits per heavy atom. The smallest absolute Gasteiger partial charge is 0.336 e. The van der Waals surface area contributed by atoms with Gasteiger partial charge in [0.2, 0.25) is 5.56 Å². The second-order valence-electron chi connectivity index (χ2n) is 4.13. The van der Waals surface area contributed by atoms with Crippen molar-refractivity contribution in [3.05, 3.63) is 51.9 Å². The van der Waals surface area contributed by atoms with Crippen LogP contribution in [0, 0.1) is 6.92 Å². The summed E-state index contributed by atoms with van der Waals surface area (Å²) in [4.78, 5) is 25.0. The number of pyridine rings is 1. The van der Waals surface area contributed by atoms with Crippen LogP contribution in [0.15, 0.2) is 35.3 Å². The van der Waals surface area contributed by atoms with E-state index in [0.717, 1.165) is 11.6 Å². The van der Waals surface area contributed by atoms with Crippen molar-refractivity contribution in [2.75, 3.05) is 7.11 Å². The van der Waals surface area contributed by atoms with Crippen LogP contribution in [0.1, 0.15) is 15.9 Å². The quantitative estimate of drug-likeness (QED) is 0.884. The minimum absolute atomic E-state index is 0.0485. The van der Waals surface area contributed by atoms with Crippen LogP contribution in [0.5, 0.6) is 5.75 Å². The predicted molar refractivity (Wildman–Crippen MR) is 70.7 cm³/mol. The zero-order chi connectivity index (χ0) is 14.0. The van der Waals surface area contributed by atoms with E-state index in [2.05, 4.69) is 4.98 Å². The summed E-state index contributed by atoms with van der Waals surface area (Å²) >= 11 is 0. The van der Waals surface area contributed by atoms with E-state index in [4.69, 9.17) is 4.74 Å². The van der Waals surface area contributed by atoms with Crippen LogP contribution in [0.4, 0.5) is 0 Å². The third kappa shape index (κ3) is 2.49. The summed E-state index contributed by atoms with van der Waals surface area (Å²) in [5.41, 5.74) is 1.53. The van der Waals surface area contributed by atoms with Gasteiger partial charge in [0.25, 0.3) is 0 Å². The fourth-order valence-electron chi connectivity index (χ4n) is 1.90. The molecule has 0 saturated heterocycles. The van der Waals surface area contributed by atoms with E-state index < -0.39 is 11.5 Å². The average molecular weight is 259 g/mol. The van der Waals surface area contributed by atoms with Gasteiger partial charge in [-0.15, -0.1) is 0 Å². The molecule has 0 saturated carbocycles. The first kappa shape index (κ1) is 12.9. The summed E-state index contributed by atoms with van der Waals surface area (Å²) in [6.07, 6.45) is 1.39. The van der Waals surface area contributed by atoms with Crippen molar-refractivity contribution in [3.8, 4) is 16.9 Å². The Morgan fingerprint density at radius 1 is 1.26 bits per heavy atom. The van der Waals surface area contributed by atoms with Crippen molar-refractivity contribution in [1.82, 2.24) is 4.98 Å². The van der Waals surface area contributed by atoms with Gasteiger partial charge in [-0.3, -0.25) is 4.79 Å². The number of benzene rings is 1. The highest BCUT2D eigenvalue weighted by Gasteiger charge is 2.16. The molecule has 5 heteroatoms. The molecule has 2 aromatic rings. The number of hydrogen-bond acceptors (Lipinski definition) is 3. The first-order valence-corrected chi connectivity index (χ1v) is 5.64. The topological polar surface area (TPSA) is 79.4 Å². The molecule has 0 radical (unpaired) electrons. The number of nitrogens with one attached hydrogen (secondary N) is 1. The lowest BCUT2D eigenvalue weighted by Gasteiger charge is -2.11. The molecule has 0 unspecified atom stereocenters. The number of aryl methyl sites for hydroxylation is 1. The van der Waals surface area contributed by atoms with Crippen molar-refractivity contribution in [3.63, 3.8) is 0 Å². The lowest BCUT2D eigenvalue weighted by molar-refractivity contribution is 0.0697. The molecule has 1 aromatic carbocycles. The number of carboxylic acid groups (broad SMARTS) is 1. The number of aromatic carboxylic acids is 1. The monoisotopic (exact) mass is 259 g/mol. The normalized spacial score (nSPS) is 10.2. The molecule has 0 atom stereocenters. The van der Waals surface area contributed by atoms with Gasteiger partial charge in [0, 0.05) is 23.4 Å². The Bertz CT molecular complexity index is 688. The van der Waals surface area contributed by atoms with E-state index in [0.29, 0.717) is 16.9 Å². The number of carbonyl (C=O) groups is 1. The molecule has 2 rings (SSSR count). The van der Waals surface area contributed by atoms with Crippen molar-refractivity contribution < 1.29 is 14.6 Å². The third-order valence-corrected chi connectivity index (χ3v) is 2.80. The highest BCUT2D eigenvalue weighted by Crippen LogP contribution is 2.32. The number of hydrogen-bond donors (Lipinski definition) is 2. The van der Waals surface area contributed by atoms with Gasteiger partial charge < -0.3 is 14.8 Å². The number of methoxy groups -OCH3 is 1. The van der Waals surface area contributed by atoms with E-state index in [9.17, 15) is 14.7 Å². The number of aromatic amines is 1. The van der Waals surface area contributed by atoms with E-state index in [-0.39, 0.29) is 5.56 Å². The van der Waals surface area contributed by atoms with Crippen molar-refractivity contribution >= 4 is 5.97 Å². The molecular formula is C14H13NO4. The summed E-state index contributed by atoms with van der Waals surface area (Å²) in [6.45, 7) is 1.90. The summed E-state index contributed by atoms with van der Waals surface area (Å²) < 4.78 is 5.23. The fourth-order valence-corrected chi connectivity index (χ4v) is 1.90. The van der Waals surface area contributed by atoms with Crippen molar-refractivity contribution in [2.24, 2.45) is 0 Å². The minimum atomic E-state index is -1.15. The molecule has 0 amide bonds. The lowest BCUT2D eigenvalue weighted by atomic mass is 9.99. The molecule has 1 aromatic heterocycles. The molecule has 0 aliphatic carbocycles. The van der Waals surface area contributed by atoms with Gasteiger partial charge in [0.05, 0.1) is 12.7 Å². The largest absolute Gasteiger partial charge is 0.496 e. The van der Waals surface area contributed by atoms with Crippen LogP contribution in [0.3, 0.4) is 0 Å². The Hall–Kier alpha value is -2.56. The van der Waals surface area contributed by atoms with Crippen LogP contribution >= 0.6 is 0 Å². The maximum absolute atomic E-state index is 11.2. The Labute approximate surface area is 109 Å². The van der Waals surface area contributed by atoms with Crippen molar-refractivity contribution in [1.29, 1.82) is 0 Å². The van der Waals surface area contributed by atoms with Crippen LogP contribution < -0.4 is 10.3 Å². The molecule has 0 spiro atoms.